The quantitative estimate of drug-likeness (QED) is 0.916. The molecule has 1 aliphatic rings. The molecule has 1 saturated heterocycles. The van der Waals surface area contributed by atoms with Crippen LogP contribution in [-0.4, -0.2) is 48.6 Å². The fourth-order valence-electron chi connectivity index (χ4n) is 2.57. The summed E-state index contributed by atoms with van der Waals surface area (Å²) in [6.45, 7) is 3.89. The van der Waals surface area contributed by atoms with Gasteiger partial charge in [-0.2, -0.15) is 0 Å². The van der Waals surface area contributed by atoms with Crippen molar-refractivity contribution >= 4 is 17.2 Å². The van der Waals surface area contributed by atoms with E-state index in [1.54, 1.807) is 35.9 Å². The lowest BCUT2D eigenvalue weighted by Gasteiger charge is -2.34. The van der Waals surface area contributed by atoms with Crippen molar-refractivity contribution in [3.8, 4) is 0 Å². The molecule has 0 saturated carbocycles. The van der Waals surface area contributed by atoms with Gasteiger partial charge in [-0.15, -0.1) is 11.3 Å². The van der Waals surface area contributed by atoms with Gasteiger partial charge in [-0.25, -0.2) is 0 Å². The molecule has 2 aromatic rings. The largest absolute Gasteiger partial charge is 0.379 e. The molecule has 0 bridgehead atoms. The monoisotopic (exact) mass is 317 g/mol. The molecule has 6 heteroatoms. The van der Waals surface area contributed by atoms with E-state index in [1.807, 2.05) is 0 Å². The van der Waals surface area contributed by atoms with Gasteiger partial charge in [-0.05, 0) is 23.6 Å². The van der Waals surface area contributed by atoms with Gasteiger partial charge in [0.05, 0.1) is 19.3 Å². The van der Waals surface area contributed by atoms with Crippen molar-refractivity contribution in [3.05, 3.63) is 52.5 Å². The van der Waals surface area contributed by atoms with Crippen molar-refractivity contribution in [1.82, 2.24) is 15.2 Å². The number of hydrogen-bond donors (Lipinski definition) is 1. The third kappa shape index (κ3) is 3.71. The van der Waals surface area contributed by atoms with Crippen LogP contribution in [0, 0.1) is 0 Å². The van der Waals surface area contributed by atoms with Crippen molar-refractivity contribution in [2.24, 2.45) is 0 Å². The Morgan fingerprint density at radius 1 is 1.32 bits per heavy atom. The number of pyridine rings is 1. The maximum absolute atomic E-state index is 12.2. The smallest absolute Gasteiger partial charge is 0.251 e. The molecule has 0 aliphatic carbocycles. The molecule has 1 N–H and O–H groups in total. The summed E-state index contributed by atoms with van der Waals surface area (Å²) in [6, 6.07) is 7.84. The van der Waals surface area contributed by atoms with E-state index >= 15 is 0 Å². The summed E-state index contributed by atoms with van der Waals surface area (Å²) in [5.41, 5.74) is 0.641. The van der Waals surface area contributed by atoms with Gasteiger partial charge in [0, 0.05) is 42.5 Å². The maximum atomic E-state index is 12.2. The Morgan fingerprint density at radius 2 is 2.09 bits per heavy atom. The summed E-state index contributed by atoms with van der Waals surface area (Å²) in [5, 5.41) is 5.12. The zero-order chi connectivity index (χ0) is 15.2. The van der Waals surface area contributed by atoms with Crippen molar-refractivity contribution in [2.45, 2.75) is 6.04 Å². The fourth-order valence-corrected chi connectivity index (χ4v) is 3.44. The molecule has 1 amide bonds. The lowest BCUT2D eigenvalue weighted by atomic mass is 10.1. The molecular weight excluding hydrogens is 298 g/mol. The number of nitrogens with one attached hydrogen (secondary N) is 1. The summed E-state index contributed by atoms with van der Waals surface area (Å²) in [5.74, 6) is -0.0581. The first-order chi connectivity index (χ1) is 10.8. The highest BCUT2D eigenvalue weighted by Crippen LogP contribution is 2.25. The molecule has 116 valence electrons. The second-order valence-corrected chi connectivity index (χ2v) is 6.10. The first kappa shape index (κ1) is 15.1. The minimum absolute atomic E-state index is 0.0581. The Kier molecular flexibility index (Phi) is 5.15. The normalized spacial score (nSPS) is 17.1. The highest BCUT2D eigenvalue weighted by Gasteiger charge is 2.24. The zero-order valence-electron chi connectivity index (χ0n) is 12.3. The van der Waals surface area contributed by atoms with Crippen molar-refractivity contribution < 1.29 is 9.53 Å². The van der Waals surface area contributed by atoms with E-state index in [-0.39, 0.29) is 11.9 Å². The topological polar surface area (TPSA) is 54.5 Å². The van der Waals surface area contributed by atoms with Gasteiger partial charge >= 0.3 is 0 Å². The van der Waals surface area contributed by atoms with Crippen LogP contribution in [0.4, 0.5) is 0 Å². The predicted molar refractivity (Wildman–Crippen MR) is 86.0 cm³/mol. The third-order valence-electron chi connectivity index (χ3n) is 3.76. The molecule has 0 spiro atoms. The number of aromatic nitrogens is 1. The average molecular weight is 317 g/mol. The number of hydrogen-bond acceptors (Lipinski definition) is 5. The van der Waals surface area contributed by atoms with E-state index in [1.165, 1.54) is 4.88 Å². The molecule has 3 heterocycles. The second-order valence-electron chi connectivity index (χ2n) is 5.13. The van der Waals surface area contributed by atoms with E-state index in [9.17, 15) is 4.79 Å². The Balaban J connectivity index is 1.66. The molecule has 22 heavy (non-hydrogen) atoms. The van der Waals surface area contributed by atoms with Gasteiger partial charge in [-0.1, -0.05) is 6.07 Å². The van der Waals surface area contributed by atoms with Crippen LogP contribution >= 0.6 is 11.3 Å². The molecular formula is C16H19N3O2S. The average Bonchev–Trinajstić information content (AvgIpc) is 3.11. The molecule has 5 nitrogen and oxygen atoms in total. The molecule has 0 unspecified atom stereocenters. The van der Waals surface area contributed by atoms with Crippen LogP contribution in [0.25, 0.3) is 0 Å². The van der Waals surface area contributed by atoms with Gasteiger partial charge < -0.3 is 10.1 Å². The maximum Gasteiger partial charge on any atom is 0.251 e. The minimum Gasteiger partial charge on any atom is -0.379 e. The highest BCUT2D eigenvalue weighted by molar-refractivity contribution is 7.10. The number of amides is 1. The Bertz CT molecular complexity index is 583. The van der Waals surface area contributed by atoms with Crippen LogP contribution < -0.4 is 5.32 Å². The summed E-state index contributed by atoms with van der Waals surface area (Å²) in [7, 11) is 0. The van der Waals surface area contributed by atoms with E-state index in [0.717, 1.165) is 26.3 Å². The van der Waals surface area contributed by atoms with Crippen molar-refractivity contribution in [2.75, 3.05) is 32.8 Å². The van der Waals surface area contributed by atoms with Gasteiger partial charge in [0.1, 0.15) is 0 Å². The van der Waals surface area contributed by atoms with E-state index in [4.69, 9.17) is 4.74 Å². The van der Waals surface area contributed by atoms with Crippen LogP contribution in [0.15, 0.2) is 42.0 Å². The molecule has 0 aromatic carbocycles. The zero-order valence-corrected chi connectivity index (χ0v) is 13.1. The fraction of sp³-hybridized carbons (Fsp3) is 0.375. The highest BCUT2D eigenvalue weighted by atomic mass is 32.1. The molecule has 1 aliphatic heterocycles. The van der Waals surface area contributed by atoms with Gasteiger partial charge in [0.15, 0.2) is 0 Å². The van der Waals surface area contributed by atoms with E-state index < -0.39 is 0 Å². The first-order valence-corrected chi connectivity index (χ1v) is 8.26. The molecule has 1 atom stereocenters. The van der Waals surface area contributed by atoms with Crippen LogP contribution in [-0.2, 0) is 4.74 Å². The van der Waals surface area contributed by atoms with Crippen molar-refractivity contribution in [3.63, 3.8) is 0 Å². The van der Waals surface area contributed by atoms with Gasteiger partial charge in [-0.3, -0.25) is 14.7 Å². The third-order valence-corrected chi connectivity index (χ3v) is 4.73. The summed E-state index contributed by atoms with van der Waals surface area (Å²) in [6.07, 6.45) is 3.27. The number of nitrogens with zero attached hydrogens (tertiary/aromatic N) is 2. The number of carbonyl (C=O) groups excluding carboxylic acids is 1. The SMILES string of the molecule is O=C(NC[C@@H](c1cccs1)N1CCOCC1)c1ccncc1. The number of carbonyl (C=O) groups is 1. The summed E-state index contributed by atoms with van der Waals surface area (Å²) < 4.78 is 5.43. The molecule has 2 aromatic heterocycles. The van der Waals surface area contributed by atoms with Gasteiger partial charge in [0.25, 0.3) is 5.91 Å². The Labute approximate surface area is 133 Å². The summed E-state index contributed by atoms with van der Waals surface area (Å²) in [4.78, 5) is 19.8. The first-order valence-electron chi connectivity index (χ1n) is 7.38. The molecule has 1 fully saturated rings. The number of ether oxygens (including phenoxy) is 1. The Hall–Kier alpha value is -1.76. The van der Waals surface area contributed by atoms with Crippen LogP contribution in [0.3, 0.4) is 0 Å². The summed E-state index contributed by atoms with van der Waals surface area (Å²) >= 11 is 1.73. The minimum atomic E-state index is -0.0581. The number of thiophene rings is 1. The lowest BCUT2D eigenvalue weighted by Crippen LogP contribution is -2.43. The van der Waals surface area contributed by atoms with Gasteiger partial charge in [0.2, 0.25) is 0 Å². The molecule has 0 radical (unpaired) electrons. The standard InChI is InChI=1S/C16H19N3O2S/c20-16(13-3-5-17-6-4-13)18-12-14(15-2-1-11-22-15)19-7-9-21-10-8-19/h1-6,11,14H,7-10,12H2,(H,18,20)/t14-/m0/s1. The lowest BCUT2D eigenvalue weighted by molar-refractivity contribution is 0.0169. The van der Waals surface area contributed by atoms with Crippen molar-refractivity contribution in [1.29, 1.82) is 0 Å². The second kappa shape index (κ2) is 7.49. The van der Waals surface area contributed by atoms with E-state index in [0.29, 0.717) is 12.1 Å². The molecule has 3 rings (SSSR count). The van der Waals surface area contributed by atoms with E-state index in [2.05, 4.69) is 32.7 Å². The van der Waals surface area contributed by atoms with Crippen LogP contribution in [0.1, 0.15) is 21.3 Å². The van der Waals surface area contributed by atoms with Crippen LogP contribution in [0.5, 0.6) is 0 Å². The number of rotatable bonds is 5. The Morgan fingerprint density at radius 3 is 2.77 bits per heavy atom. The number of morpholine rings is 1. The predicted octanol–water partition coefficient (Wildman–Crippen LogP) is 1.95. The van der Waals surface area contributed by atoms with Crippen LogP contribution in [0.2, 0.25) is 0 Å².